The molecule has 35 heavy (non-hydrogen) atoms. The van der Waals surface area contributed by atoms with Crippen molar-refractivity contribution < 1.29 is 15.0 Å². The Labute approximate surface area is 205 Å². The lowest BCUT2D eigenvalue weighted by Crippen LogP contribution is -2.36. The number of benzene rings is 1. The van der Waals surface area contributed by atoms with Gasteiger partial charge in [0.05, 0.1) is 11.6 Å². The lowest BCUT2D eigenvalue weighted by Gasteiger charge is -2.36. The Hall–Kier alpha value is -3.32. The molecule has 7 nitrogen and oxygen atoms in total. The zero-order valence-electron chi connectivity index (χ0n) is 20.2. The Morgan fingerprint density at radius 2 is 1.77 bits per heavy atom. The van der Waals surface area contributed by atoms with Crippen molar-refractivity contribution in [3.05, 3.63) is 65.7 Å². The van der Waals surface area contributed by atoms with Crippen molar-refractivity contribution in [2.75, 3.05) is 5.32 Å². The van der Waals surface area contributed by atoms with Gasteiger partial charge in [-0.15, -0.1) is 0 Å². The Morgan fingerprint density at radius 3 is 2.43 bits per heavy atom. The first-order valence-corrected chi connectivity index (χ1v) is 12.4. The van der Waals surface area contributed by atoms with Gasteiger partial charge in [-0.2, -0.15) is 0 Å². The van der Waals surface area contributed by atoms with Crippen LogP contribution in [0.1, 0.15) is 68.3 Å². The molecule has 3 N–H and O–H groups in total. The zero-order valence-corrected chi connectivity index (χ0v) is 20.2. The van der Waals surface area contributed by atoms with E-state index in [1.807, 2.05) is 24.4 Å². The predicted octanol–water partition coefficient (Wildman–Crippen LogP) is 5.57. The minimum absolute atomic E-state index is 0.00220. The molecule has 7 heteroatoms. The highest BCUT2D eigenvalue weighted by molar-refractivity contribution is 5.71. The molecular formula is C28H32N4O3. The van der Waals surface area contributed by atoms with E-state index in [0.29, 0.717) is 43.2 Å². The standard InChI is InChI=1S/C28H32N4O3/c1-17-13-21(15-23(14-17)31-27-29-12-11-24(32-27)18-3-4-18)20-7-10-25(30-16-20)28(2,35)22-8-5-19(6-9-22)26(33)34/h7,10-16,18-19,22,35H,3-6,8-9H2,1-2H3,(H,33,34)(H,29,31,32). The maximum Gasteiger partial charge on any atom is 0.306 e. The highest BCUT2D eigenvalue weighted by atomic mass is 16.4. The van der Waals surface area contributed by atoms with Crippen molar-refractivity contribution >= 4 is 17.6 Å². The molecule has 1 aromatic carbocycles. The molecule has 2 aliphatic rings. The first kappa shape index (κ1) is 23.4. The number of aliphatic carboxylic acids is 1. The Morgan fingerprint density at radius 1 is 1.00 bits per heavy atom. The molecule has 0 saturated heterocycles. The summed E-state index contributed by atoms with van der Waals surface area (Å²) in [7, 11) is 0. The lowest BCUT2D eigenvalue weighted by atomic mass is 9.73. The second-order valence-electron chi connectivity index (χ2n) is 10.3. The van der Waals surface area contributed by atoms with E-state index in [9.17, 15) is 15.0 Å². The lowest BCUT2D eigenvalue weighted by molar-refractivity contribution is -0.144. The van der Waals surface area contributed by atoms with Crippen molar-refractivity contribution in [3.8, 4) is 11.1 Å². The summed E-state index contributed by atoms with van der Waals surface area (Å²) in [5, 5.41) is 23.9. The second-order valence-corrected chi connectivity index (χ2v) is 10.3. The minimum atomic E-state index is -1.09. The summed E-state index contributed by atoms with van der Waals surface area (Å²) in [6.07, 6.45) is 8.57. The van der Waals surface area contributed by atoms with Crippen LogP contribution in [0.3, 0.4) is 0 Å². The number of aliphatic hydroxyl groups is 1. The van der Waals surface area contributed by atoms with Crippen LogP contribution in [0.4, 0.5) is 11.6 Å². The summed E-state index contributed by atoms with van der Waals surface area (Å²) in [5.74, 6) is 0.134. The van der Waals surface area contributed by atoms with Gasteiger partial charge in [0, 0.05) is 35.3 Å². The molecule has 2 saturated carbocycles. The summed E-state index contributed by atoms with van der Waals surface area (Å²) in [4.78, 5) is 24.9. The van der Waals surface area contributed by atoms with Crippen molar-refractivity contribution in [2.24, 2.45) is 11.8 Å². The highest BCUT2D eigenvalue weighted by Gasteiger charge is 2.38. The average Bonchev–Trinajstić information content (AvgIpc) is 3.70. The number of hydrogen-bond donors (Lipinski definition) is 3. The Balaban J connectivity index is 1.32. The Kier molecular flexibility index (Phi) is 6.28. The third-order valence-electron chi connectivity index (χ3n) is 7.49. The molecule has 0 radical (unpaired) electrons. The first-order chi connectivity index (χ1) is 16.8. The summed E-state index contributed by atoms with van der Waals surface area (Å²) in [6, 6.07) is 12.1. The number of carboxylic acid groups (broad SMARTS) is 1. The molecule has 5 rings (SSSR count). The highest BCUT2D eigenvalue weighted by Crippen LogP contribution is 2.41. The van der Waals surface area contributed by atoms with Crippen molar-refractivity contribution in [2.45, 2.75) is 63.9 Å². The molecule has 2 aliphatic carbocycles. The van der Waals surface area contributed by atoms with Crippen LogP contribution < -0.4 is 5.32 Å². The third kappa shape index (κ3) is 5.20. The number of aryl methyl sites for hydroxylation is 1. The maximum absolute atomic E-state index is 11.3. The van der Waals surface area contributed by atoms with Crippen LogP contribution in [0.15, 0.2) is 48.8 Å². The SMILES string of the molecule is Cc1cc(Nc2nccc(C3CC3)n2)cc(-c2ccc(C(C)(O)C3CCC(C(=O)O)CC3)nc2)c1. The van der Waals surface area contributed by atoms with Gasteiger partial charge in [0.2, 0.25) is 5.95 Å². The van der Waals surface area contributed by atoms with E-state index in [2.05, 4.69) is 45.4 Å². The number of nitrogens with one attached hydrogen (secondary N) is 1. The molecule has 0 spiro atoms. The van der Waals surface area contributed by atoms with E-state index < -0.39 is 11.6 Å². The fourth-order valence-corrected chi connectivity index (χ4v) is 5.17. The number of carbonyl (C=O) groups is 1. The quantitative estimate of drug-likeness (QED) is 0.413. The van der Waals surface area contributed by atoms with Crippen LogP contribution in [-0.2, 0) is 10.4 Å². The van der Waals surface area contributed by atoms with Crippen LogP contribution >= 0.6 is 0 Å². The van der Waals surface area contributed by atoms with Crippen molar-refractivity contribution in [3.63, 3.8) is 0 Å². The van der Waals surface area contributed by atoms with E-state index >= 15 is 0 Å². The normalized spacial score (nSPS) is 21.8. The number of nitrogens with zero attached hydrogens (tertiary/aromatic N) is 3. The number of carboxylic acids is 1. The molecule has 182 valence electrons. The van der Waals surface area contributed by atoms with Gasteiger partial charge < -0.3 is 15.5 Å². The smallest absolute Gasteiger partial charge is 0.306 e. The van der Waals surface area contributed by atoms with Crippen molar-refractivity contribution in [1.82, 2.24) is 15.0 Å². The molecule has 2 heterocycles. The molecule has 0 aliphatic heterocycles. The fraction of sp³-hybridized carbons (Fsp3) is 0.429. The van der Waals surface area contributed by atoms with Crippen LogP contribution in [0.25, 0.3) is 11.1 Å². The first-order valence-electron chi connectivity index (χ1n) is 12.4. The largest absolute Gasteiger partial charge is 0.481 e. The topological polar surface area (TPSA) is 108 Å². The van der Waals surface area contributed by atoms with Crippen molar-refractivity contribution in [1.29, 1.82) is 0 Å². The number of rotatable bonds is 7. The van der Waals surface area contributed by atoms with Gasteiger partial charge >= 0.3 is 5.97 Å². The predicted molar refractivity (Wildman–Crippen MR) is 134 cm³/mol. The molecule has 2 aromatic heterocycles. The van der Waals surface area contributed by atoms with Gasteiger partial charge in [-0.3, -0.25) is 9.78 Å². The fourth-order valence-electron chi connectivity index (χ4n) is 5.17. The molecule has 1 unspecified atom stereocenters. The molecular weight excluding hydrogens is 440 g/mol. The third-order valence-corrected chi connectivity index (χ3v) is 7.49. The number of anilines is 2. The van der Waals surface area contributed by atoms with Gasteiger partial charge in [0.1, 0.15) is 5.60 Å². The van der Waals surface area contributed by atoms with E-state index in [0.717, 1.165) is 28.1 Å². The maximum atomic E-state index is 11.3. The van der Waals surface area contributed by atoms with Gasteiger partial charge in [0.15, 0.2) is 0 Å². The van der Waals surface area contributed by atoms with Crippen LogP contribution in [0.5, 0.6) is 0 Å². The van der Waals surface area contributed by atoms with E-state index in [1.165, 1.54) is 12.8 Å². The van der Waals surface area contributed by atoms with E-state index in [-0.39, 0.29) is 11.8 Å². The van der Waals surface area contributed by atoms with Gasteiger partial charge in [0.25, 0.3) is 0 Å². The van der Waals surface area contributed by atoms with E-state index in [4.69, 9.17) is 0 Å². The second kappa shape index (κ2) is 9.38. The zero-order chi connectivity index (χ0) is 24.6. The minimum Gasteiger partial charge on any atom is -0.481 e. The van der Waals surface area contributed by atoms with Crippen LogP contribution in [0.2, 0.25) is 0 Å². The number of hydrogen-bond acceptors (Lipinski definition) is 6. The summed E-state index contributed by atoms with van der Waals surface area (Å²) < 4.78 is 0. The molecule has 2 fully saturated rings. The summed E-state index contributed by atoms with van der Waals surface area (Å²) >= 11 is 0. The molecule has 0 amide bonds. The number of pyridine rings is 1. The summed E-state index contributed by atoms with van der Waals surface area (Å²) in [6.45, 7) is 3.85. The number of aromatic nitrogens is 3. The van der Waals surface area contributed by atoms with Gasteiger partial charge in [-0.05, 0) is 93.7 Å². The molecule has 3 aromatic rings. The average molecular weight is 473 g/mol. The van der Waals surface area contributed by atoms with Gasteiger partial charge in [-0.25, -0.2) is 9.97 Å². The van der Waals surface area contributed by atoms with E-state index in [1.54, 1.807) is 13.1 Å². The van der Waals surface area contributed by atoms with Crippen LogP contribution in [0, 0.1) is 18.8 Å². The van der Waals surface area contributed by atoms with Crippen LogP contribution in [-0.4, -0.2) is 31.1 Å². The molecule has 0 bridgehead atoms. The monoisotopic (exact) mass is 472 g/mol. The Bertz CT molecular complexity index is 1210. The van der Waals surface area contributed by atoms with Gasteiger partial charge in [-0.1, -0.05) is 12.1 Å². The molecule has 1 atom stereocenters. The summed E-state index contributed by atoms with van der Waals surface area (Å²) in [5.41, 5.74) is 4.62.